The fourth-order valence-electron chi connectivity index (χ4n) is 12.1. The molecule has 9 heterocycles. The summed E-state index contributed by atoms with van der Waals surface area (Å²) in [7, 11) is 0. The first-order valence-corrected chi connectivity index (χ1v) is 31.8. The van der Waals surface area contributed by atoms with E-state index in [1.807, 2.05) is 79.7 Å². The average molecular weight is 1330 g/mol. The maximum atomic E-state index is 15.1. The Balaban J connectivity index is 0.000000157. The van der Waals surface area contributed by atoms with Crippen molar-refractivity contribution in [3.8, 4) is 5.88 Å². The molecule has 0 N–H and O–H groups in total. The third-order valence-electron chi connectivity index (χ3n) is 17.7. The van der Waals surface area contributed by atoms with Gasteiger partial charge in [-0.15, -0.1) is 0 Å². The Morgan fingerprint density at radius 2 is 0.792 bits per heavy atom. The fourth-order valence-corrected chi connectivity index (χ4v) is 12.1. The second-order valence-electron chi connectivity index (χ2n) is 25.5. The third-order valence-corrected chi connectivity index (χ3v) is 17.7. The molecule has 0 saturated heterocycles. The number of fused-ring (bicyclic) bond motifs is 3. The number of hydrogen-bond acceptors (Lipinski definition) is 13. The average Bonchev–Trinajstić information content (AvgIpc) is 0.775. The Bertz CT molecular complexity index is 4530. The van der Waals surface area contributed by atoms with Gasteiger partial charge in [0.15, 0.2) is 11.5 Å². The fraction of sp³-hybridized carbons (Fsp3) is 0.408. The van der Waals surface area contributed by atoms with Gasteiger partial charge >= 0.3 is 0 Å². The molecule has 25 heteroatoms. The first-order valence-electron chi connectivity index (χ1n) is 31.8. The number of hydrogen-bond donors (Lipinski definition) is 0. The van der Waals surface area contributed by atoms with Gasteiger partial charge in [-0.2, -0.15) is 24.1 Å². The highest BCUT2D eigenvalue weighted by Crippen LogP contribution is 2.42. The first-order chi connectivity index (χ1) is 45.3. The molecule has 12 rings (SSSR count). The van der Waals surface area contributed by atoms with Crippen LogP contribution in [0.15, 0.2) is 87.6 Å². The summed E-state index contributed by atoms with van der Waals surface area (Å²) in [5.74, 6) is -9.94. The monoisotopic (exact) mass is 1330 g/mol. The number of allylic oxidation sites excluding steroid dienone is 2. The Morgan fingerprint density at radius 3 is 1.14 bits per heavy atom. The van der Waals surface area contributed by atoms with Crippen LogP contribution in [0.4, 0.5) is 39.5 Å². The maximum Gasteiger partial charge on any atom is 0.248 e. The van der Waals surface area contributed by atoms with Crippen LogP contribution >= 0.6 is 0 Å². The summed E-state index contributed by atoms with van der Waals surface area (Å²) in [5.41, 5.74) is 8.22. The minimum Gasteiger partial charge on any atom is -0.475 e. The number of ether oxygens (including phenoxy) is 1. The van der Waals surface area contributed by atoms with Crippen LogP contribution < -0.4 is 21.0 Å². The minimum atomic E-state index is -2.74. The Hall–Kier alpha value is -9.29. The Labute approximate surface area is 547 Å². The molecule has 9 aromatic rings. The topological polar surface area (TPSA) is 191 Å². The molecular formula is C71H73F9N12O4. The van der Waals surface area contributed by atoms with E-state index in [-0.39, 0.29) is 121 Å². The number of halogens is 9. The van der Waals surface area contributed by atoms with Crippen LogP contribution in [-0.2, 0) is 0 Å². The van der Waals surface area contributed by atoms with Gasteiger partial charge < -0.3 is 4.74 Å². The molecule has 0 aromatic carbocycles. The summed E-state index contributed by atoms with van der Waals surface area (Å²) in [4.78, 5) is 64.3. The predicted molar refractivity (Wildman–Crippen MR) is 352 cm³/mol. The van der Waals surface area contributed by atoms with Crippen LogP contribution in [0, 0.1) is 53.4 Å². The third kappa shape index (κ3) is 16.0. The van der Waals surface area contributed by atoms with Crippen molar-refractivity contribution in [2.75, 3.05) is 0 Å². The zero-order valence-corrected chi connectivity index (χ0v) is 54.9. The lowest BCUT2D eigenvalue weighted by atomic mass is 9.92. The van der Waals surface area contributed by atoms with Crippen molar-refractivity contribution in [3.05, 3.63) is 183 Å². The number of alkyl halides is 6. The predicted octanol–water partition coefficient (Wildman–Crippen LogP) is 16.3. The standard InChI is InChI=1S/C26H30F2N4O2.C23H23F3N4O.C22H20F4N4O/c1-15(2)34-22-14-19(8-11-29-22)12-17(4)23-25(33)24-21(13-16(3)18(5)30-24)32(31-23)20-6-9-26(27,28)10-7-20;1-13-11-18-21(28-15(13)3)22(31)20(14(2)10-16-6-9-27-19(24)12-16)29-30(18)17-4-7-23(25,26)8-5-17;1-12-9-17-20(28-13(12)2)21(31)19(16(23)10-14-5-8-27-18(24)11-14)29-30(17)15-3-6-22(25,26)7-4-15/h8,11-15,20H,6-7,9-10H2,1-5H3;6,9-12,17H,4-5,7-8H2,1-3H3;5,8-11,15H,3-4,6-7H2,1-2H3/b17-12+;14-10+;16-10-. The van der Waals surface area contributed by atoms with E-state index in [9.17, 15) is 49.5 Å². The van der Waals surface area contributed by atoms with E-state index in [4.69, 9.17) is 9.84 Å². The van der Waals surface area contributed by atoms with Crippen LogP contribution in [0.1, 0.15) is 190 Å². The number of aryl methyl sites for hydroxylation is 6. The normalized spacial score (nSPS) is 17.1. The van der Waals surface area contributed by atoms with Gasteiger partial charge in [0, 0.05) is 92.4 Å². The second kappa shape index (κ2) is 28.2. The Morgan fingerprint density at radius 1 is 0.479 bits per heavy atom. The zero-order chi connectivity index (χ0) is 69.3. The van der Waals surface area contributed by atoms with Gasteiger partial charge in [-0.25, -0.2) is 60.6 Å². The van der Waals surface area contributed by atoms with Crippen LogP contribution in [0.2, 0.25) is 0 Å². The van der Waals surface area contributed by atoms with Crippen molar-refractivity contribution in [3.63, 3.8) is 0 Å². The quantitative estimate of drug-likeness (QED) is 0.0878. The van der Waals surface area contributed by atoms with Gasteiger partial charge in [0.2, 0.25) is 51.8 Å². The van der Waals surface area contributed by atoms with E-state index >= 15 is 4.39 Å². The SMILES string of the molecule is C/C(=C\c1ccnc(F)c1)c1nn(C2CCC(F)(F)CC2)c2cc(C)c(C)nc2c1=O.C/C(=C\c1ccnc(OC(C)C)c1)c1nn(C2CCC(F)(F)CC2)c2cc(C)c(C)nc2c1=O.Cc1cc2c(nc1C)c(=O)c(/C(F)=C/c1ccnc(F)c1)nn2C1CCC(F)(F)CC1. The van der Waals surface area contributed by atoms with Crippen LogP contribution in [0.5, 0.6) is 5.88 Å². The summed E-state index contributed by atoms with van der Waals surface area (Å²) < 4.78 is 135. The molecule has 0 bridgehead atoms. The van der Waals surface area contributed by atoms with Crippen molar-refractivity contribution in [1.29, 1.82) is 0 Å². The summed E-state index contributed by atoms with van der Waals surface area (Å²) in [6.07, 6.45) is 8.64. The van der Waals surface area contributed by atoms with Crippen LogP contribution in [-0.4, -0.2) is 83.1 Å². The number of nitrogens with zero attached hydrogens (tertiary/aromatic N) is 12. The van der Waals surface area contributed by atoms with Gasteiger partial charge in [0.25, 0.3) is 0 Å². The Kier molecular flexibility index (Phi) is 20.4. The summed E-state index contributed by atoms with van der Waals surface area (Å²) >= 11 is 0. The molecule has 16 nitrogen and oxygen atoms in total. The van der Waals surface area contributed by atoms with E-state index in [0.717, 1.165) is 45.8 Å². The van der Waals surface area contributed by atoms with Crippen molar-refractivity contribution < 1.29 is 44.3 Å². The smallest absolute Gasteiger partial charge is 0.248 e. The molecule has 3 aliphatic carbocycles. The van der Waals surface area contributed by atoms with E-state index in [1.165, 1.54) is 29.2 Å². The lowest BCUT2D eigenvalue weighted by Crippen LogP contribution is -2.29. The molecule has 96 heavy (non-hydrogen) atoms. The molecule has 0 spiro atoms. The van der Waals surface area contributed by atoms with Crippen molar-refractivity contribution in [2.24, 2.45) is 0 Å². The van der Waals surface area contributed by atoms with E-state index in [2.05, 4.69) is 40.1 Å². The van der Waals surface area contributed by atoms with Crippen LogP contribution in [0.3, 0.4) is 0 Å². The molecule has 0 amide bonds. The van der Waals surface area contributed by atoms with Crippen LogP contribution in [0.25, 0.3) is 68.3 Å². The van der Waals surface area contributed by atoms with Gasteiger partial charge in [0.1, 0.15) is 27.9 Å². The molecular weight excluding hydrogens is 1260 g/mol. The highest BCUT2D eigenvalue weighted by molar-refractivity contribution is 5.86. The summed E-state index contributed by atoms with van der Waals surface area (Å²) in [6, 6.07) is 13.5. The number of aromatic nitrogens is 12. The van der Waals surface area contributed by atoms with Crippen molar-refractivity contribution in [2.45, 2.75) is 188 Å². The zero-order valence-electron chi connectivity index (χ0n) is 54.9. The largest absolute Gasteiger partial charge is 0.475 e. The molecule has 3 aliphatic rings. The second-order valence-corrected chi connectivity index (χ2v) is 25.5. The molecule has 3 saturated carbocycles. The number of pyridine rings is 6. The molecule has 3 fully saturated rings. The van der Waals surface area contributed by atoms with Gasteiger partial charge in [-0.3, -0.25) is 28.4 Å². The van der Waals surface area contributed by atoms with E-state index in [1.54, 1.807) is 53.7 Å². The van der Waals surface area contributed by atoms with Gasteiger partial charge in [0.05, 0.1) is 40.8 Å². The summed E-state index contributed by atoms with van der Waals surface area (Å²) in [6.45, 7) is 18.4. The molecule has 0 unspecified atom stereocenters. The van der Waals surface area contributed by atoms with E-state index in [0.29, 0.717) is 63.2 Å². The van der Waals surface area contributed by atoms with Crippen molar-refractivity contribution >= 4 is 68.3 Å². The maximum absolute atomic E-state index is 15.1. The minimum absolute atomic E-state index is 0.0113. The molecule has 504 valence electrons. The highest BCUT2D eigenvalue weighted by atomic mass is 19.3. The number of rotatable bonds is 11. The molecule has 9 aromatic heterocycles. The van der Waals surface area contributed by atoms with Gasteiger partial charge in [-0.1, -0.05) is 0 Å². The lowest BCUT2D eigenvalue weighted by molar-refractivity contribution is -0.0452. The summed E-state index contributed by atoms with van der Waals surface area (Å²) in [5, 5.41) is 13.5. The molecule has 0 aliphatic heterocycles. The highest BCUT2D eigenvalue weighted by Gasteiger charge is 2.39. The molecule has 0 radical (unpaired) electrons. The lowest BCUT2D eigenvalue weighted by Gasteiger charge is -2.30. The first kappa shape index (κ1) is 69.5. The molecule has 0 atom stereocenters. The van der Waals surface area contributed by atoms with Gasteiger partial charge in [-0.05, 0) is 207 Å². The van der Waals surface area contributed by atoms with E-state index < -0.39 is 52.7 Å². The van der Waals surface area contributed by atoms with Crippen molar-refractivity contribution in [1.82, 2.24) is 59.2 Å².